The van der Waals surface area contributed by atoms with Crippen molar-refractivity contribution in [1.29, 1.82) is 0 Å². The summed E-state index contributed by atoms with van der Waals surface area (Å²) in [6.45, 7) is 0. The van der Waals surface area contributed by atoms with Crippen LogP contribution in [0.25, 0.3) is 11.2 Å². The van der Waals surface area contributed by atoms with E-state index in [9.17, 15) is 4.79 Å². The first-order valence-electron chi connectivity index (χ1n) is 6.12. The van der Waals surface area contributed by atoms with Crippen molar-refractivity contribution < 1.29 is 4.79 Å². The fourth-order valence-electron chi connectivity index (χ4n) is 2.02. The lowest BCUT2D eigenvalue weighted by Gasteiger charge is -2.06. The number of carbonyl (C=O) groups excluding carboxylic acids is 1. The van der Waals surface area contributed by atoms with Crippen LogP contribution in [0.4, 0.5) is 5.82 Å². The number of H-pyrrole nitrogens is 1. The van der Waals surface area contributed by atoms with Crippen LogP contribution in [0.3, 0.4) is 0 Å². The number of aromatic nitrogens is 4. The lowest BCUT2D eigenvalue weighted by Crippen LogP contribution is -2.13. The van der Waals surface area contributed by atoms with Crippen molar-refractivity contribution in [3.05, 3.63) is 37.0 Å². The molecule has 1 aliphatic carbocycles. The topological polar surface area (TPSA) is 83.6 Å². The minimum absolute atomic E-state index is 0.0525. The number of nitrogens with zero attached hydrogens (tertiary/aromatic N) is 3. The Hall–Kier alpha value is -2.50. The highest BCUT2D eigenvalue weighted by molar-refractivity contribution is 5.96. The lowest BCUT2D eigenvalue weighted by atomic mass is 10.1. The average Bonchev–Trinajstić information content (AvgIpc) is 3.08. The third-order valence-electron chi connectivity index (χ3n) is 3.01. The standard InChI is InChI=1S/C13H13N5O/c19-10(6-5-9-3-1-2-4-9)18-13-11-12(15-7-14-11)16-8-17-13/h1-4,7-9H,5-6H2,(H2,14,15,16,17,18,19). The molecule has 0 spiro atoms. The van der Waals surface area contributed by atoms with Crippen molar-refractivity contribution in [2.24, 2.45) is 5.92 Å². The van der Waals surface area contributed by atoms with Gasteiger partial charge in [0.1, 0.15) is 11.8 Å². The number of aromatic amines is 1. The smallest absolute Gasteiger partial charge is 0.225 e. The number of allylic oxidation sites excluding steroid dienone is 4. The van der Waals surface area contributed by atoms with E-state index in [1.165, 1.54) is 12.7 Å². The summed E-state index contributed by atoms with van der Waals surface area (Å²) in [4.78, 5) is 26.9. The van der Waals surface area contributed by atoms with Crippen molar-refractivity contribution in [3.8, 4) is 0 Å². The molecule has 1 aliphatic rings. The molecule has 0 aliphatic heterocycles. The zero-order chi connectivity index (χ0) is 13.1. The van der Waals surface area contributed by atoms with Crippen LogP contribution in [-0.4, -0.2) is 25.8 Å². The molecule has 2 N–H and O–H groups in total. The van der Waals surface area contributed by atoms with Crippen LogP contribution in [0.1, 0.15) is 12.8 Å². The molecule has 0 fully saturated rings. The number of carbonyl (C=O) groups is 1. The molecule has 6 nitrogen and oxygen atoms in total. The number of hydrogen-bond donors (Lipinski definition) is 2. The molecule has 0 saturated heterocycles. The van der Waals surface area contributed by atoms with E-state index in [0.717, 1.165) is 6.42 Å². The predicted octanol–water partition coefficient (Wildman–Crippen LogP) is 1.81. The van der Waals surface area contributed by atoms with Crippen molar-refractivity contribution >= 4 is 22.9 Å². The molecule has 0 bridgehead atoms. The second kappa shape index (κ2) is 5.01. The molecule has 96 valence electrons. The van der Waals surface area contributed by atoms with E-state index in [1.54, 1.807) is 0 Å². The minimum atomic E-state index is -0.0525. The molecule has 19 heavy (non-hydrogen) atoms. The summed E-state index contributed by atoms with van der Waals surface area (Å²) < 4.78 is 0. The number of anilines is 1. The fraction of sp³-hybridized carbons (Fsp3) is 0.231. The molecule has 3 rings (SSSR count). The molecule has 0 saturated carbocycles. The van der Waals surface area contributed by atoms with Crippen LogP contribution in [0.5, 0.6) is 0 Å². The summed E-state index contributed by atoms with van der Waals surface area (Å²) in [6.07, 6.45) is 12.4. The van der Waals surface area contributed by atoms with E-state index in [1.807, 2.05) is 12.2 Å². The Balaban J connectivity index is 1.64. The van der Waals surface area contributed by atoms with E-state index < -0.39 is 0 Å². The molecule has 0 atom stereocenters. The lowest BCUT2D eigenvalue weighted by molar-refractivity contribution is -0.116. The van der Waals surface area contributed by atoms with Crippen molar-refractivity contribution in [3.63, 3.8) is 0 Å². The highest BCUT2D eigenvalue weighted by Gasteiger charge is 2.11. The fourth-order valence-corrected chi connectivity index (χ4v) is 2.02. The average molecular weight is 255 g/mol. The van der Waals surface area contributed by atoms with Gasteiger partial charge in [-0.25, -0.2) is 15.0 Å². The van der Waals surface area contributed by atoms with Crippen molar-refractivity contribution in [1.82, 2.24) is 19.9 Å². The first-order valence-corrected chi connectivity index (χ1v) is 6.12. The van der Waals surface area contributed by atoms with E-state index in [2.05, 4.69) is 37.4 Å². The van der Waals surface area contributed by atoms with Crippen LogP contribution in [0.2, 0.25) is 0 Å². The maximum atomic E-state index is 11.9. The second-order valence-corrected chi connectivity index (χ2v) is 4.34. The first-order chi connectivity index (χ1) is 9.33. The molecule has 1 amide bonds. The van der Waals surface area contributed by atoms with Gasteiger partial charge in [-0.05, 0) is 12.3 Å². The Kier molecular flexibility index (Phi) is 3.06. The maximum Gasteiger partial charge on any atom is 0.225 e. The number of fused-ring (bicyclic) bond motifs is 1. The molecule has 2 aromatic rings. The van der Waals surface area contributed by atoms with Gasteiger partial charge in [0.25, 0.3) is 0 Å². The summed E-state index contributed by atoms with van der Waals surface area (Å²) in [7, 11) is 0. The van der Waals surface area contributed by atoms with Gasteiger partial charge < -0.3 is 10.3 Å². The predicted molar refractivity (Wildman–Crippen MR) is 71.3 cm³/mol. The van der Waals surface area contributed by atoms with Gasteiger partial charge in [0.2, 0.25) is 5.91 Å². The minimum Gasteiger partial charge on any atom is -0.340 e. The Labute approximate surface area is 109 Å². The highest BCUT2D eigenvalue weighted by Crippen LogP contribution is 2.17. The molecule has 0 radical (unpaired) electrons. The van der Waals surface area contributed by atoms with E-state index >= 15 is 0 Å². The Bertz CT molecular complexity index is 646. The summed E-state index contributed by atoms with van der Waals surface area (Å²) >= 11 is 0. The SMILES string of the molecule is O=C(CCC1C=CC=C1)Nc1ncnc2nc[nH]c12. The molecule has 0 aromatic carbocycles. The van der Waals surface area contributed by atoms with Crippen LogP contribution in [0, 0.1) is 5.92 Å². The van der Waals surface area contributed by atoms with Gasteiger partial charge in [-0.15, -0.1) is 0 Å². The first kappa shape index (κ1) is 11.6. The van der Waals surface area contributed by atoms with Gasteiger partial charge in [0.15, 0.2) is 11.5 Å². The van der Waals surface area contributed by atoms with Crippen molar-refractivity contribution in [2.75, 3.05) is 5.32 Å². The highest BCUT2D eigenvalue weighted by atomic mass is 16.1. The largest absolute Gasteiger partial charge is 0.340 e. The number of nitrogens with one attached hydrogen (secondary N) is 2. The van der Waals surface area contributed by atoms with Crippen LogP contribution >= 0.6 is 0 Å². The zero-order valence-electron chi connectivity index (χ0n) is 10.2. The molecule has 2 heterocycles. The Morgan fingerprint density at radius 1 is 1.26 bits per heavy atom. The molecule has 2 aromatic heterocycles. The van der Waals surface area contributed by atoms with Gasteiger partial charge in [0, 0.05) is 6.42 Å². The molecule has 0 unspecified atom stereocenters. The van der Waals surface area contributed by atoms with Crippen molar-refractivity contribution in [2.45, 2.75) is 12.8 Å². The van der Waals surface area contributed by atoms with Crippen LogP contribution in [0.15, 0.2) is 37.0 Å². The molecule has 6 heteroatoms. The van der Waals surface area contributed by atoms with Crippen LogP contribution in [-0.2, 0) is 4.79 Å². The zero-order valence-corrected chi connectivity index (χ0v) is 10.2. The van der Waals surface area contributed by atoms with Crippen LogP contribution < -0.4 is 5.32 Å². The summed E-state index contributed by atoms with van der Waals surface area (Å²) in [5.74, 6) is 0.789. The normalized spacial score (nSPS) is 14.3. The number of hydrogen-bond acceptors (Lipinski definition) is 4. The number of amides is 1. The van der Waals surface area contributed by atoms with E-state index in [-0.39, 0.29) is 5.91 Å². The van der Waals surface area contributed by atoms with Gasteiger partial charge in [-0.2, -0.15) is 0 Å². The maximum absolute atomic E-state index is 11.9. The summed E-state index contributed by atoms with van der Waals surface area (Å²) in [5, 5.41) is 2.79. The number of rotatable bonds is 4. The van der Waals surface area contributed by atoms with Gasteiger partial charge in [0.05, 0.1) is 6.33 Å². The Morgan fingerprint density at radius 2 is 2.11 bits per heavy atom. The second-order valence-electron chi connectivity index (χ2n) is 4.34. The third-order valence-corrected chi connectivity index (χ3v) is 3.01. The quantitative estimate of drug-likeness (QED) is 0.872. The van der Waals surface area contributed by atoms with Gasteiger partial charge in [-0.3, -0.25) is 4.79 Å². The van der Waals surface area contributed by atoms with E-state index in [0.29, 0.717) is 29.3 Å². The summed E-state index contributed by atoms with van der Waals surface area (Å²) in [6, 6.07) is 0. The molecular weight excluding hydrogens is 242 g/mol. The third kappa shape index (κ3) is 2.52. The summed E-state index contributed by atoms with van der Waals surface area (Å²) in [5.41, 5.74) is 1.20. The monoisotopic (exact) mass is 255 g/mol. The van der Waals surface area contributed by atoms with E-state index in [4.69, 9.17) is 0 Å². The molecular formula is C13H13N5O. The van der Waals surface area contributed by atoms with Gasteiger partial charge in [-0.1, -0.05) is 24.3 Å². The Morgan fingerprint density at radius 3 is 2.95 bits per heavy atom. The number of imidazole rings is 1. The van der Waals surface area contributed by atoms with Gasteiger partial charge >= 0.3 is 0 Å².